The topological polar surface area (TPSA) is 55.8 Å². The van der Waals surface area contributed by atoms with Gasteiger partial charge in [-0.1, -0.05) is 0 Å². The van der Waals surface area contributed by atoms with Gasteiger partial charge in [-0.05, 0) is 21.0 Å². The van der Waals surface area contributed by atoms with Crippen molar-refractivity contribution in [3.05, 3.63) is 0 Å². The molecule has 2 N–H and O–H groups in total. The molecule has 0 radical (unpaired) electrons. The minimum Gasteiger partial charge on any atom is -0.387 e. The predicted octanol–water partition coefficient (Wildman–Crippen LogP) is -0.676. The number of β-amino-alcohol motifs (C(OH)–C–C–N with tert-alkyl or cyclic N) is 1. The largest absolute Gasteiger partial charge is 0.387 e. The fraction of sp³-hybridized carbons (Fsp3) is 0.889. The Kier molecular flexibility index (Phi) is 3.34. The lowest BCUT2D eigenvalue weighted by Gasteiger charge is -2.30. The highest BCUT2D eigenvalue weighted by Gasteiger charge is 2.29. The van der Waals surface area contributed by atoms with Crippen LogP contribution in [0.15, 0.2) is 0 Å². The van der Waals surface area contributed by atoms with Crippen LogP contribution in [0.5, 0.6) is 0 Å². The number of amides is 2. The van der Waals surface area contributed by atoms with Crippen molar-refractivity contribution in [2.75, 3.05) is 40.3 Å². The van der Waals surface area contributed by atoms with Crippen LogP contribution in [0.4, 0.5) is 4.79 Å². The number of likely N-dealkylation sites (N-methyl/N-ethyl adjacent to an activating group) is 1. The third kappa shape index (κ3) is 3.16. The summed E-state index contributed by atoms with van der Waals surface area (Å²) in [6, 6.07) is -0.0796. The van der Waals surface area contributed by atoms with E-state index in [1.807, 2.05) is 19.0 Å². The standard InChI is InChI=1S/C9H19N3O2/c1-9(14,6-11(2)3)7-12-5-4-10-8(12)13/h14H,4-7H2,1-3H3,(H,10,13). The second kappa shape index (κ2) is 4.14. The summed E-state index contributed by atoms with van der Waals surface area (Å²) in [6.07, 6.45) is 0. The van der Waals surface area contributed by atoms with E-state index < -0.39 is 5.60 Å². The molecule has 0 aliphatic carbocycles. The molecular formula is C9H19N3O2. The fourth-order valence-corrected chi connectivity index (χ4v) is 1.80. The lowest BCUT2D eigenvalue weighted by atomic mass is 10.1. The lowest BCUT2D eigenvalue weighted by Crippen LogP contribution is -2.48. The molecule has 5 nitrogen and oxygen atoms in total. The fourth-order valence-electron chi connectivity index (χ4n) is 1.80. The van der Waals surface area contributed by atoms with E-state index in [9.17, 15) is 9.90 Å². The smallest absolute Gasteiger partial charge is 0.317 e. The van der Waals surface area contributed by atoms with Gasteiger partial charge in [0.05, 0.1) is 12.1 Å². The van der Waals surface area contributed by atoms with E-state index in [4.69, 9.17) is 0 Å². The van der Waals surface area contributed by atoms with Gasteiger partial charge in [-0.2, -0.15) is 0 Å². The molecule has 0 aromatic heterocycles. The Bertz CT molecular complexity index is 216. The molecular weight excluding hydrogens is 182 g/mol. The SMILES string of the molecule is CN(C)CC(C)(O)CN1CCNC1=O. The molecule has 1 aliphatic rings. The summed E-state index contributed by atoms with van der Waals surface area (Å²) in [4.78, 5) is 14.8. The number of carbonyl (C=O) groups excluding carboxylic acids is 1. The molecule has 1 aliphatic heterocycles. The molecule has 1 atom stereocenters. The summed E-state index contributed by atoms with van der Waals surface area (Å²) in [5, 5.41) is 12.7. The number of carbonyl (C=O) groups is 1. The molecule has 2 amide bonds. The molecule has 0 bridgehead atoms. The number of hydrogen-bond donors (Lipinski definition) is 2. The average Bonchev–Trinajstić information content (AvgIpc) is 2.32. The van der Waals surface area contributed by atoms with E-state index in [2.05, 4.69) is 5.32 Å². The van der Waals surface area contributed by atoms with Crippen molar-refractivity contribution in [1.29, 1.82) is 0 Å². The Labute approximate surface area is 84.7 Å². The molecule has 1 heterocycles. The van der Waals surface area contributed by atoms with Crippen molar-refractivity contribution in [2.45, 2.75) is 12.5 Å². The number of rotatable bonds is 4. The van der Waals surface area contributed by atoms with Crippen molar-refractivity contribution in [1.82, 2.24) is 15.1 Å². The van der Waals surface area contributed by atoms with Gasteiger partial charge in [0.1, 0.15) is 0 Å². The van der Waals surface area contributed by atoms with E-state index in [0.717, 1.165) is 0 Å². The first-order valence-electron chi connectivity index (χ1n) is 4.81. The molecule has 1 fully saturated rings. The van der Waals surface area contributed by atoms with Crippen molar-refractivity contribution in [2.24, 2.45) is 0 Å². The first-order valence-corrected chi connectivity index (χ1v) is 4.81. The first kappa shape index (κ1) is 11.3. The average molecular weight is 201 g/mol. The molecule has 1 saturated heterocycles. The number of nitrogens with one attached hydrogen (secondary N) is 1. The Balaban J connectivity index is 2.45. The van der Waals surface area contributed by atoms with Gasteiger partial charge in [0.25, 0.3) is 0 Å². The number of hydrogen-bond acceptors (Lipinski definition) is 3. The van der Waals surface area contributed by atoms with Gasteiger partial charge in [0.15, 0.2) is 0 Å². The summed E-state index contributed by atoms with van der Waals surface area (Å²) in [5.74, 6) is 0. The minimum atomic E-state index is -0.842. The van der Waals surface area contributed by atoms with Crippen LogP contribution in [-0.4, -0.2) is 66.8 Å². The van der Waals surface area contributed by atoms with Crippen molar-refractivity contribution in [3.8, 4) is 0 Å². The number of nitrogens with zero attached hydrogens (tertiary/aromatic N) is 2. The maximum Gasteiger partial charge on any atom is 0.317 e. The molecule has 0 aromatic carbocycles. The number of aliphatic hydroxyl groups is 1. The molecule has 5 heteroatoms. The van der Waals surface area contributed by atoms with Crippen molar-refractivity contribution in [3.63, 3.8) is 0 Å². The highest BCUT2D eigenvalue weighted by atomic mass is 16.3. The summed E-state index contributed by atoms with van der Waals surface area (Å²) in [5.41, 5.74) is -0.842. The molecule has 1 unspecified atom stereocenters. The zero-order valence-corrected chi connectivity index (χ0v) is 9.08. The quantitative estimate of drug-likeness (QED) is 0.634. The molecule has 0 aromatic rings. The summed E-state index contributed by atoms with van der Waals surface area (Å²) in [7, 11) is 3.80. The van der Waals surface area contributed by atoms with Crippen LogP contribution in [0.25, 0.3) is 0 Å². The zero-order chi connectivity index (χ0) is 10.8. The highest BCUT2D eigenvalue weighted by molar-refractivity contribution is 5.76. The molecule has 14 heavy (non-hydrogen) atoms. The normalized spacial score (nSPS) is 21.2. The van der Waals surface area contributed by atoms with E-state index in [1.165, 1.54) is 0 Å². The Hall–Kier alpha value is -0.810. The Morgan fingerprint density at radius 1 is 1.64 bits per heavy atom. The first-order chi connectivity index (χ1) is 6.41. The maximum atomic E-state index is 11.2. The van der Waals surface area contributed by atoms with E-state index in [1.54, 1.807) is 11.8 Å². The third-order valence-corrected chi connectivity index (χ3v) is 2.13. The van der Waals surface area contributed by atoms with Gasteiger partial charge in [0.2, 0.25) is 0 Å². The van der Waals surface area contributed by atoms with Crippen LogP contribution >= 0.6 is 0 Å². The van der Waals surface area contributed by atoms with Crippen molar-refractivity contribution < 1.29 is 9.90 Å². The third-order valence-electron chi connectivity index (χ3n) is 2.13. The van der Waals surface area contributed by atoms with E-state index >= 15 is 0 Å². The summed E-state index contributed by atoms with van der Waals surface area (Å²) >= 11 is 0. The second-order valence-electron chi connectivity index (χ2n) is 4.39. The Morgan fingerprint density at radius 3 is 2.71 bits per heavy atom. The van der Waals surface area contributed by atoms with Crippen LogP contribution in [0, 0.1) is 0 Å². The van der Waals surface area contributed by atoms with E-state index in [0.29, 0.717) is 26.2 Å². The minimum absolute atomic E-state index is 0.0796. The van der Waals surface area contributed by atoms with Crippen LogP contribution in [0.2, 0.25) is 0 Å². The zero-order valence-electron chi connectivity index (χ0n) is 9.08. The molecule has 0 saturated carbocycles. The predicted molar refractivity (Wildman–Crippen MR) is 54.1 cm³/mol. The van der Waals surface area contributed by atoms with Gasteiger partial charge in [-0.15, -0.1) is 0 Å². The van der Waals surface area contributed by atoms with Gasteiger partial charge >= 0.3 is 6.03 Å². The van der Waals surface area contributed by atoms with Gasteiger partial charge in [-0.3, -0.25) is 0 Å². The lowest BCUT2D eigenvalue weighted by molar-refractivity contribution is 0.0129. The Morgan fingerprint density at radius 2 is 2.29 bits per heavy atom. The van der Waals surface area contributed by atoms with Gasteiger partial charge < -0.3 is 20.2 Å². The van der Waals surface area contributed by atoms with Crippen LogP contribution in [0.3, 0.4) is 0 Å². The molecule has 1 rings (SSSR count). The van der Waals surface area contributed by atoms with E-state index in [-0.39, 0.29) is 6.03 Å². The van der Waals surface area contributed by atoms with Gasteiger partial charge in [0, 0.05) is 19.6 Å². The molecule has 82 valence electrons. The monoisotopic (exact) mass is 201 g/mol. The highest BCUT2D eigenvalue weighted by Crippen LogP contribution is 2.09. The molecule has 0 spiro atoms. The van der Waals surface area contributed by atoms with Crippen LogP contribution < -0.4 is 5.32 Å². The van der Waals surface area contributed by atoms with Crippen LogP contribution in [-0.2, 0) is 0 Å². The summed E-state index contributed by atoms with van der Waals surface area (Å²) < 4.78 is 0. The summed E-state index contributed by atoms with van der Waals surface area (Å²) in [6.45, 7) is 4.05. The van der Waals surface area contributed by atoms with Gasteiger partial charge in [-0.25, -0.2) is 4.79 Å². The van der Waals surface area contributed by atoms with Crippen molar-refractivity contribution >= 4 is 6.03 Å². The maximum absolute atomic E-state index is 11.2. The van der Waals surface area contributed by atoms with Crippen LogP contribution in [0.1, 0.15) is 6.92 Å². The number of urea groups is 1. The second-order valence-corrected chi connectivity index (χ2v) is 4.39.